The van der Waals surface area contributed by atoms with E-state index in [1.54, 1.807) is 7.05 Å². The quantitative estimate of drug-likeness (QED) is 0.844. The Morgan fingerprint density at radius 3 is 2.75 bits per heavy atom. The summed E-state index contributed by atoms with van der Waals surface area (Å²) in [4.78, 5) is 18.0. The van der Waals surface area contributed by atoms with Crippen molar-refractivity contribution in [3.05, 3.63) is 47.6 Å². The Balaban J connectivity index is 1.89. The number of carbonyl (C=O) groups excluding carboxylic acids is 1. The molecule has 3 aliphatic rings. The molecule has 0 radical (unpaired) electrons. The van der Waals surface area contributed by atoms with Crippen LogP contribution in [-0.4, -0.2) is 29.4 Å². The van der Waals surface area contributed by atoms with Crippen LogP contribution in [0.4, 0.5) is 8.78 Å². The molecule has 0 aromatic rings. The van der Waals surface area contributed by atoms with Crippen molar-refractivity contribution in [3.8, 4) is 0 Å². The van der Waals surface area contributed by atoms with Crippen molar-refractivity contribution in [1.29, 1.82) is 0 Å². The zero-order chi connectivity index (χ0) is 17.5. The van der Waals surface area contributed by atoms with Crippen LogP contribution in [0.1, 0.15) is 26.2 Å². The number of nitrogens with two attached hydrogens (primary N) is 1. The summed E-state index contributed by atoms with van der Waals surface area (Å²) in [6, 6.07) is 0. The number of hydrogen-bond acceptors (Lipinski definition) is 3. The van der Waals surface area contributed by atoms with E-state index in [4.69, 9.17) is 5.73 Å². The van der Waals surface area contributed by atoms with Crippen LogP contribution < -0.4 is 5.73 Å². The van der Waals surface area contributed by atoms with Crippen LogP contribution in [0.25, 0.3) is 0 Å². The van der Waals surface area contributed by atoms with Crippen LogP contribution >= 0.6 is 0 Å². The average Bonchev–Trinajstić information content (AvgIpc) is 2.52. The molecule has 0 spiro atoms. The summed E-state index contributed by atoms with van der Waals surface area (Å²) in [6.07, 6.45) is 9.41. The minimum Gasteiger partial charge on any atom is -0.369 e. The molecule has 3 rings (SSSR count). The largest absolute Gasteiger partial charge is 0.369 e. The van der Waals surface area contributed by atoms with Gasteiger partial charge in [0.15, 0.2) is 5.96 Å². The van der Waals surface area contributed by atoms with E-state index >= 15 is 0 Å². The summed E-state index contributed by atoms with van der Waals surface area (Å²) in [5.74, 6) is -1.15. The molecule has 6 heteroatoms. The third-order valence-corrected chi connectivity index (χ3v) is 4.94. The van der Waals surface area contributed by atoms with Crippen LogP contribution in [0.15, 0.2) is 52.6 Å². The Bertz CT molecular complexity index is 720. The number of halogens is 2. The Kier molecular flexibility index (Phi) is 4.15. The molecule has 3 atom stereocenters. The molecule has 0 bridgehead atoms. The van der Waals surface area contributed by atoms with E-state index in [9.17, 15) is 13.6 Å². The summed E-state index contributed by atoms with van der Waals surface area (Å²) in [5, 5.41) is 0. The summed E-state index contributed by atoms with van der Waals surface area (Å²) in [7, 11) is 1.60. The minimum atomic E-state index is -0.742. The molecule has 2 aliphatic carbocycles. The van der Waals surface area contributed by atoms with Gasteiger partial charge in [-0.2, -0.15) is 0 Å². The normalized spacial score (nSPS) is 33.7. The van der Waals surface area contributed by atoms with Gasteiger partial charge in [-0.15, -0.1) is 0 Å². The summed E-state index contributed by atoms with van der Waals surface area (Å²) in [5.41, 5.74) is 5.98. The fourth-order valence-corrected chi connectivity index (χ4v) is 3.46. The fourth-order valence-electron chi connectivity index (χ4n) is 3.46. The van der Waals surface area contributed by atoms with Gasteiger partial charge >= 0.3 is 0 Å². The number of guanidine groups is 1. The van der Waals surface area contributed by atoms with Gasteiger partial charge in [-0.25, -0.2) is 13.8 Å². The van der Waals surface area contributed by atoms with Gasteiger partial charge in [0.1, 0.15) is 11.7 Å². The van der Waals surface area contributed by atoms with Crippen molar-refractivity contribution in [2.45, 2.75) is 31.7 Å². The molecular weight excluding hydrogens is 312 g/mol. The lowest BCUT2D eigenvalue weighted by Crippen LogP contribution is -2.49. The molecule has 2 N–H and O–H groups in total. The summed E-state index contributed by atoms with van der Waals surface area (Å²) >= 11 is 0. The summed E-state index contributed by atoms with van der Waals surface area (Å²) in [6.45, 7) is 1.86. The number of aliphatic imine (C=N–C) groups is 1. The van der Waals surface area contributed by atoms with Crippen LogP contribution in [0.5, 0.6) is 0 Å². The Labute approximate surface area is 140 Å². The molecule has 1 heterocycles. The lowest BCUT2D eigenvalue weighted by molar-refractivity contribution is -0.128. The molecule has 1 aliphatic heterocycles. The predicted octanol–water partition coefficient (Wildman–Crippen LogP) is 3.15. The third-order valence-electron chi connectivity index (χ3n) is 4.94. The zero-order valence-electron chi connectivity index (χ0n) is 13.8. The van der Waals surface area contributed by atoms with Crippen molar-refractivity contribution in [2.75, 3.05) is 7.05 Å². The van der Waals surface area contributed by atoms with Gasteiger partial charge < -0.3 is 5.73 Å². The third kappa shape index (κ3) is 3.05. The van der Waals surface area contributed by atoms with Gasteiger partial charge in [0.05, 0.1) is 12.0 Å². The smallest absolute Gasteiger partial charge is 0.231 e. The van der Waals surface area contributed by atoms with Crippen molar-refractivity contribution in [3.63, 3.8) is 0 Å². The predicted molar refractivity (Wildman–Crippen MR) is 89.2 cm³/mol. The number of allylic oxidation sites excluding steroid dienone is 6. The highest BCUT2D eigenvalue weighted by molar-refractivity contribution is 5.99. The van der Waals surface area contributed by atoms with E-state index in [0.29, 0.717) is 6.42 Å². The first kappa shape index (κ1) is 16.6. The van der Waals surface area contributed by atoms with Gasteiger partial charge in [-0.05, 0) is 36.8 Å². The lowest BCUT2D eigenvalue weighted by atomic mass is 9.76. The first-order chi connectivity index (χ1) is 11.3. The first-order valence-corrected chi connectivity index (χ1v) is 8.02. The number of rotatable bonds is 2. The molecule has 0 saturated heterocycles. The molecule has 128 valence electrons. The van der Waals surface area contributed by atoms with Crippen LogP contribution in [0, 0.1) is 11.8 Å². The van der Waals surface area contributed by atoms with E-state index in [-0.39, 0.29) is 36.5 Å². The highest BCUT2D eigenvalue weighted by Crippen LogP contribution is 2.39. The number of amides is 1. The highest BCUT2D eigenvalue weighted by Gasteiger charge is 2.38. The van der Waals surface area contributed by atoms with Gasteiger partial charge in [-0.1, -0.05) is 18.2 Å². The fraction of sp³-hybridized carbons (Fsp3) is 0.444. The molecule has 0 fully saturated rings. The molecule has 0 saturated carbocycles. The van der Waals surface area contributed by atoms with Crippen molar-refractivity contribution >= 4 is 11.9 Å². The van der Waals surface area contributed by atoms with Crippen LogP contribution in [0.3, 0.4) is 0 Å². The number of carbonyl (C=O) groups is 1. The van der Waals surface area contributed by atoms with Crippen LogP contribution in [0.2, 0.25) is 0 Å². The molecule has 4 nitrogen and oxygen atoms in total. The van der Waals surface area contributed by atoms with Gasteiger partial charge in [0, 0.05) is 19.5 Å². The second kappa shape index (κ2) is 6.00. The first-order valence-electron chi connectivity index (χ1n) is 8.02. The number of nitrogens with zero attached hydrogens (tertiary/aromatic N) is 2. The summed E-state index contributed by atoms with van der Waals surface area (Å²) < 4.78 is 27.1. The molecule has 24 heavy (non-hydrogen) atoms. The minimum absolute atomic E-state index is 0.0294. The molecule has 1 amide bonds. The van der Waals surface area contributed by atoms with E-state index in [1.165, 1.54) is 11.0 Å². The van der Waals surface area contributed by atoms with E-state index in [1.807, 2.05) is 25.2 Å². The van der Waals surface area contributed by atoms with E-state index in [0.717, 1.165) is 11.6 Å². The Morgan fingerprint density at radius 2 is 2.08 bits per heavy atom. The maximum absolute atomic E-state index is 13.6. The van der Waals surface area contributed by atoms with Crippen molar-refractivity contribution in [1.82, 2.24) is 4.90 Å². The number of hydrogen-bond donors (Lipinski definition) is 1. The zero-order valence-corrected chi connectivity index (χ0v) is 13.8. The topological polar surface area (TPSA) is 58.7 Å². The average molecular weight is 333 g/mol. The van der Waals surface area contributed by atoms with E-state index < -0.39 is 17.2 Å². The standard InChI is InChI=1S/C18H21F2N3O/c1-18(10-16(24)23(2)17(21)22-18)13-5-3-4-11(6-13)12-7-14(19)9-15(20)8-12/h3,5-7,9,11-12H,4,8,10H2,1-2H3,(H2,21,22). The maximum Gasteiger partial charge on any atom is 0.231 e. The highest BCUT2D eigenvalue weighted by atomic mass is 19.1. The Hall–Kier alpha value is -2.24. The Morgan fingerprint density at radius 1 is 1.33 bits per heavy atom. The molecular formula is C18H21F2N3O. The molecule has 3 unspecified atom stereocenters. The van der Waals surface area contributed by atoms with Gasteiger partial charge in [-0.3, -0.25) is 9.69 Å². The van der Waals surface area contributed by atoms with Crippen molar-refractivity contribution < 1.29 is 13.6 Å². The second-order valence-corrected chi connectivity index (χ2v) is 6.81. The SMILES string of the molecule is CN1C(=O)CC(C)(C2=CC(C3C=C(F)C=C(F)C3)CC=C2)N=C1N. The maximum atomic E-state index is 13.6. The molecule has 0 aromatic heterocycles. The van der Waals surface area contributed by atoms with Gasteiger partial charge in [0.2, 0.25) is 5.91 Å². The van der Waals surface area contributed by atoms with Gasteiger partial charge in [0.25, 0.3) is 0 Å². The molecule has 0 aromatic carbocycles. The second-order valence-electron chi connectivity index (χ2n) is 6.81. The van der Waals surface area contributed by atoms with Crippen molar-refractivity contribution in [2.24, 2.45) is 22.6 Å². The monoisotopic (exact) mass is 333 g/mol. The van der Waals surface area contributed by atoms with E-state index in [2.05, 4.69) is 4.99 Å². The lowest BCUT2D eigenvalue weighted by Gasteiger charge is -2.36. The van der Waals surface area contributed by atoms with Crippen LogP contribution in [-0.2, 0) is 4.79 Å².